The van der Waals surface area contributed by atoms with Gasteiger partial charge in [0.15, 0.2) is 12.6 Å². The molecule has 0 saturated carbocycles. The molecule has 23 heavy (non-hydrogen) atoms. The van der Waals surface area contributed by atoms with Gasteiger partial charge in [0.2, 0.25) is 0 Å². The molecule has 2 aliphatic rings. The maximum absolute atomic E-state index is 9.88. The van der Waals surface area contributed by atoms with Gasteiger partial charge >= 0.3 is 0 Å². The standard InChI is InChI=1S/C12H23NO10/c13-5-8(18)6(16)3(1-14)21-11(5)23-12-10(20)9(19)7(17)4(2-15)22-12/h3-12,14-20H,1-2,13H2/t3?,4?,5?,6-,7-,8-,9?,10-,11-,12-/m1/s1. The molecule has 0 aromatic rings. The monoisotopic (exact) mass is 341 g/mol. The molecule has 0 aromatic carbocycles. The van der Waals surface area contributed by atoms with E-state index in [1.54, 1.807) is 0 Å². The zero-order valence-corrected chi connectivity index (χ0v) is 12.1. The quantitative estimate of drug-likeness (QED) is 0.243. The Hall–Kier alpha value is -0.440. The lowest BCUT2D eigenvalue weighted by Crippen LogP contribution is -2.65. The first-order chi connectivity index (χ1) is 10.8. The fraction of sp³-hybridized carbons (Fsp3) is 1.00. The van der Waals surface area contributed by atoms with Crippen molar-refractivity contribution in [2.75, 3.05) is 13.2 Å². The zero-order valence-electron chi connectivity index (χ0n) is 12.1. The molecule has 136 valence electrons. The third-order valence-electron chi connectivity index (χ3n) is 4.05. The molecule has 2 heterocycles. The third kappa shape index (κ3) is 3.65. The Morgan fingerprint density at radius 3 is 1.70 bits per heavy atom. The van der Waals surface area contributed by atoms with Gasteiger partial charge in [-0.15, -0.1) is 0 Å². The summed E-state index contributed by atoms with van der Waals surface area (Å²) < 4.78 is 15.6. The van der Waals surface area contributed by atoms with E-state index in [9.17, 15) is 25.5 Å². The lowest BCUT2D eigenvalue weighted by molar-refractivity contribution is -0.361. The maximum Gasteiger partial charge on any atom is 0.189 e. The van der Waals surface area contributed by atoms with E-state index in [2.05, 4.69) is 0 Å². The molecule has 11 heteroatoms. The minimum absolute atomic E-state index is 0.612. The molecular weight excluding hydrogens is 318 g/mol. The van der Waals surface area contributed by atoms with E-state index in [-0.39, 0.29) is 0 Å². The van der Waals surface area contributed by atoms with Crippen LogP contribution in [0.25, 0.3) is 0 Å². The Morgan fingerprint density at radius 2 is 1.17 bits per heavy atom. The van der Waals surface area contributed by atoms with Gasteiger partial charge in [-0.2, -0.15) is 0 Å². The van der Waals surface area contributed by atoms with E-state index in [1.807, 2.05) is 0 Å². The number of hydrogen-bond acceptors (Lipinski definition) is 11. The van der Waals surface area contributed by atoms with Gasteiger partial charge in [-0.3, -0.25) is 0 Å². The van der Waals surface area contributed by atoms with Crippen LogP contribution in [-0.4, -0.2) is 110 Å². The van der Waals surface area contributed by atoms with Crippen molar-refractivity contribution >= 4 is 0 Å². The van der Waals surface area contributed by atoms with Gasteiger partial charge in [-0.25, -0.2) is 0 Å². The molecule has 2 fully saturated rings. The van der Waals surface area contributed by atoms with Crippen LogP contribution in [0.3, 0.4) is 0 Å². The predicted octanol–water partition coefficient (Wildman–Crippen LogP) is -5.43. The Kier molecular flexibility index (Phi) is 6.27. The normalized spacial score (nSPS) is 51.7. The van der Waals surface area contributed by atoms with Crippen LogP contribution in [0.15, 0.2) is 0 Å². The second-order valence-electron chi connectivity index (χ2n) is 5.62. The van der Waals surface area contributed by atoms with Crippen LogP contribution in [-0.2, 0) is 14.2 Å². The number of rotatable bonds is 4. The average molecular weight is 341 g/mol. The summed E-state index contributed by atoms with van der Waals surface area (Å²) in [6.45, 7) is -1.25. The fourth-order valence-corrected chi connectivity index (χ4v) is 2.54. The number of nitrogens with two attached hydrogens (primary N) is 1. The Balaban J connectivity index is 2.07. The molecule has 2 rings (SSSR count). The SMILES string of the molecule is NC1[C@@H](O[C@H]2OC(CO)[C@@H](O)C(O)[C@H]2O)OC(CO)[C@@H](O)[C@@H]1O. The highest BCUT2D eigenvalue weighted by Crippen LogP contribution is 2.27. The van der Waals surface area contributed by atoms with E-state index in [0.29, 0.717) is 0 Å². The molecule has 4 unspecified atom stereocenters. The van der Waals surface area contributed by atoms with Crippen LogP contribution in [0, 0.1) is 0 Å². The summed E-state index contributed by atoms with van der Waals surface area (Å²) in [6.07, 6.45) is -13.0. The summed E-state index contributed by atoms with van der Waals surface area (Å²) in [5, 5.41) is 67.0. The van der Waals surface area contributed by atoms with Crippen molar-refractivity contribution in [3.63, 3.8) is 0 Å². The van der Waals surface area contributed by atoms with Gasteiger partial charge in [0.1, 0.15) is 42.7 Å². The number of aliphatic hydroxyl groups excluding tert-OH is 7. The molecular formula is C12H23NO10. The Morgan fingerprint density at radius 1 is 0.696 bits per heavy atom. The van der Waals surface area contributed by atoms with E-state index in [0.717, 1.165) is 0 Å². The molecule has 0 radical (unpaired) electrons. The molecule has 2 aliphatic heterocycles. The van der Waals surface area contributed by atoms with Crippen molar-refractivity contribution in [3.8, 4) is 0 Å². The summed E-state index contributed by atoms with van der Waals surface area (Å²) in [4.78, 5) is 0. The molecule has 11 nitrogen and oxygen atoms in total. The lowest BCUT2D eigenvalue weighted by atomic mass is 9.97. The Labute approximate surface area is 131 Å². The summed E-state index contributed by atoms with van der Waals surface area (Å²) in [6, 6.07) is -1.22. The van der Waals surface area contributed by atoms with Crippen molar-refractivity contribution < 1.29 is 50.0 Å². The number of ether oxygens (including phenoxy) is 3. The maximum atomic E-state index is 9.88. The first-order valence-corrected chi connectivity index (χ1v) is 7.15. The van der Waals surface area contributed by atoms with Gasteiger partial charge in [-0.05, 0) is 0 Å². The first kappa shape index (κ1) is 18.9. The largest absolute Gasteiger partial charge is 0.394 e. The van der Waals surface area contributed by atoms with Crippen LogP contribution >= 0.6 is 0 Å². The minimum Gasteiger partial charge on any atom is -0.394 e. The smallest absolute Gasteiger partial charge is 0.189 e. The van der Waals surface area contributed by atoms with Crippen LogP contribution in [0.1, 0.15) is 0 Å². The molecule has 0 spiro atoms. The highest BCUT2D eigenvalue weighted by molar-refractivity contribution is 4.93. The van der Waals surface area contributed by atoms with Crippen LogP contribution in [0.2, 0.25) is 0 Å². The second-order valence-corrected chi connectivity index (χ2v) is 5.62. The molecule has 0 bridgehead atoms. The van der Waals surface area contributed by atoms with Gasteiger partial charge in [0.25, 0.3) is 0 Å². The summed E-state index contributed by atoms with van der Waals surface area (Å²) in [5.74, 6) is 0. The number of aliphatic hydroxyl groups is 7. The predicted molar refractivity (Wildman–Crippen MR) is 70.6 cm³/mol. The van der Waals surface area contributed by atoms with Crippen LogP contribution < -0.4 is 5.73 Å². The topological polar surface area (TPSA) is 195 Å². The van der Waals surface area contributed by atoms with Crippen molar-refractivity contribution in [2.24, 2.45) is 5.73 Å². The van der Waals surface area contributed by atoms with Crippen molar-refractivity contribution in [3.05, 3.63) is 0 Å². The third-order valence-corrected chi connectivity index (χ3v) is 4.05. The van der Waals surface area contributed by atoms with Crippen molar-refractivity contribution in [2.45, 2.75) is 61.3 Å². The van der Waals surface area contributed by atoms with Gasteiger partial charge in [0.05, 0.1) is 19.3 Å². The molecule has 10 atom stereocenters. The molecule has 2 saturated heterocycles. The van der Waals surface area contributed by atoms with Crippen molar-refractivity contribution in [1.82, 2.24) is 0 Å². The fourth-order valence-electron chi connectivity index (χ4n) is 2.54. The molecule has 0 amide bonds. The minimum atomic E-state index is -1.67. The summed E-state index contributed by atoms with van der Waals surface area (Å²) in [7, 11) is 0. The van der Waals surface area contributed by atoms with Gasteiger partial charge in [0, 0.05) is 0 Å². The molecule has 9 N–H and O–H groups in total. The second kappa shape index (κ2) is 7.63. The highest BCUT2D eigenvalue weighted by Gasteiger charge is 2.48. The summed E-state index contributed by atoms with van der Waals surface area (Å²) in [5.41, 5.74) is 5.68. The van der Waals surface area contributed by atoms with E-state index in [4.69, 9.17) is 30.2 Å². The zero-order chi connectivity index (χ0) is 17.3. The molecule has 0 aliphatic carbocycles. The van der Waals surface area contributed by atoms with Crippen molar-refractivity contribution in [1.29, 1.82) is 0 Å². The highest BCUT2D eigenvalue weighted by atomic mass is 16.8. The van der Waals surface area contributed by atoms with Gasteiger partial charge in [-0.1, -0.05) is 0 Å². The first-order valence-electron chi connectivity index (χ1n) is 7.15. The van der Waals surface area contributed by atoms with Crippen LogP contribution in [0.5, 0.6) is 0 Å². The lowest BCUT2D eigenvalue weighted by Gasteiger charge is -2.45. The average Bonchev–Trinajstić information content (AvgIpc) is 2.55. The number of hydrogen-bond donors (Lipinski definition) is 8. The van der Waals surface area contributed by atoms with E-state index in [1.165, 1.54) is 0 Å². The Bertz CT molecular complexity index is 349. The van der Waals surface area contributed by atoms with E-state index < -0.39 is 74.6 Å². The van der Waals surface area contributed by atoms with E-state index >= 15 is 0 Å². The van der Waals surface area contributed by atoms with Crippen LogP contribution in [0.4, 0.5) is 0 Å². The van der Waals surface area contributed by atoms with Gasteiger partial charge < -0.3 is 55.7 Å². The summed E-state index contributed by atoms with van der Waals surface area (Å²) >= 11 is 0. The molecule has 0 aromatic heterocycles.